The van der Waals surface area contributed by atoms with E-state index in [1.165, 1.54) is 47.9 Å². The van der Waals surface area contributed by atoms with E-state index in [1.54, 1.807) is 0 Å². The number of aryl methyl sites for hydroxylation is 2. The minimum absolute atomic E-state index is 0.213. The largest absolute Gasteiger partial charge is 0.271 e. The fourth-order valence-electron chi connectivity index (χ4n) is 3.69. The molecule has 1 aromatic carbocycles. The summed E-state index contributed by atoms with van der Waals surface area (Å²) in [5, 5.41) is 0. The van der Waals surface area contributed by atoms with E-state index in [1.807, 2.05) is 0 Å². The zero-order valence-corrected chi connectivity index (χ0v) is 14.4. The number of hydrogen-bond acceptors (Lipinski definition) is 2. The van der Waals surface area contributed by atoms with Gasteiger partial charge in [-0.3, -0.25) is 11.3 Å². The van der Waals surface area contributed by atoms with Crippen LogP contribution in [0.15, 0.2) is 12.1 Å². The number of nitrogens with one attached hydrogen (secondary N) is 1. The first-order valence-corrected chi connectivity index (χ1v) is 8.39. The predicted octanol–water partition coefficient (Wildman–Crippen LogP) is 4.17. The summed E-state index contributed by atoms with van der Waals surface area (Å²) in [6.45, 7) is 11.3. The first-order valence-electron chi connectivity index (χ1n) is 8.39. The van der Waals surface area contributed by atoms with E-state index in [0.29, 0.717) is 6.04 Å². The third-order valence-corrected chi connectivity index (χ3v) is 5.17. The highest BCUT2D eigenvalue weighted by Crippen LogP contribution is 2.32. The monoisotopic (exact) mass is 288 g/mol. The van der Waals surface area contributed by atoms with Gasteiger partial charge in [0.15, 0.2) is 0 Å². The van der Waals surface area contributed by atoms with Crippen molar-refractivity contribution in [1.29, 1.82) is 0 Å². The van der Waals surface area contributed by atoms with Gasteiger partial charge in [0, 0.05) is 6.04 Å². The summed E-state index contributed by atoms with van der Waals surface area (Å²) in [7, 11) is 0. The Kier molecular flexibility index (Phi) is 5.11. The lowest BCUT2D eigenvalue weighted by Crippen LogP contribution is -2.42. The minimum atomic E-state index is 0.213. The summed E-state index contributed by atoms with van der Waals surface area (Å²) in [6, 6.07) is 5.15. The zero-order valence-electron chi connectivity index (χ0n) is 14.4. The molecule has 1 unspecified atom stereocenters. The molecule has 0 aliphatic heterocycles. The van der Waals surface area contributed by atoms with Gasteiger partial charge in [0.2, 0.25) is 0 Å². The van der Waals surface area contributed by atoms with Crippen molar-refractivity contribution in [3.05, 3.63) is 34.4 Å². The molecule has 1 atom stereocenters. The van der Waals surface area contributed by atoms with Crippen LogP contribution in [0, 0.1) is 19.8 Å². The molecule has 0 heterocycles. The summed E-state index contributed by atoms with van der Waals surface area (Å²) in [5.41, 5.74) is 9.05. The lowest BCUT2D eigenvalue weighted by atomic mass is 9.82. The van der Waals surface area contributed by atoms with Crippen LogP contribution in [0.1, 0.15) is 68.7 Å². The lowest BCUT2D eigenvalue weighted by molar-refractivity contribution is 0.360. The standard InChI is InChI=1S/C19H32N2/c1-13-10-16(19(3,4)5)11-14(2)17(13)12-18(21-20)15-8-6-7-9-15/h10-11,15,18,21H,6-9,12,20H2,1-5H3. The molecule has 2 heteroatoms. The van der Waals surface area contributed by atoms with Gasteiger partial charge < -0.3 is 0 Å². The molecule has 1 aliphatic rings. The zero-order chi connectivity index (χ0) is 15.6. The first kappa shape index (κ1) is 16.5. The third-order valence-electron chi connectivity index (χ3n) is 5.17. The van der Waals surface area contributed by atoms with Gasteiger partial charge in [-0.2, -0.15) is 0 Å². The van der Waals surface area contributed by atoms with Crippen LogP contribution in [-0.4, -0.2) is 6.04 Å². The van der Waals surface area contributed by atoms with Crippen LogP contribution in [0.5, 0.6) is 0 Å². The van der Waals surface area contributed by atoms with Crippen molar-refractivity contribution in [2.24, 2.45) is 11.8 Å². The van der Waals surface area contributed by atoms with E-state index in [-0.39, 0.29) is 5.41 Å². The van der Waals surface area contributed by atoms with Crippen molar-refractivity contribution in [2.45, 2.75) is 78.2 Å². The highest BCUT2D eigenvalue weighted by atomic mass is 15.2. The van der Waals surface area contributed by atoms with Gasteiger partial charge >= 0.3 is 0 Å². The number of rotatable bonds is 4. The van der Waals surface area contributed by atoms with E-state index >= 15 is 0 Å². The van der Waals surface area contributed by atoms with Crippen molar-refractivity contribution in [3.63, 3.8) is 0 Å². The van der Waals surface area contributed by atoms with E-state index < -0.39 is 0 Å². The molecule has 118 valence electrons. The van der Waals surface area contributed by atoms with Gasteiger partial charge in [0.25, 0.3) is 0 Å². The van der Waals surface area contributed by atoms with Crippen LogP contribution in [0.25, 0.3) is 0 Å². The first-order chi connectivity index (χ1) is 9.82. The fraction of sp³-hybridized carbons (Fsp3) is 0.684. The van der Waals surface area contributed by atoms with E-state index in [9.17, 15) is 0 Å². The van der Waals surface area contributed by atoms with Crippen LogP contribution in [0.2, 0.25) is 0 Å². The Hall–Kier alpha value is -0.860. The van der Waals surface area contributed by atoms with Crippen molar-refractivity contribution in [1.82, 2.24) is 5.43 Å². The van der Waals surface area contributed by atoms with Crippen LogP contribution in [-0.2, 0) is 11.8 Å². The Bertz CT molecular complexity index is 456. The van der Waals surface area contributed by atoms with Crippen LogP contribution < -0.4 is 11.3 Å². The molecular formula is C19H32N2. The van der Waals surface area contributed by atoms with Gasteiger partial charge in [-0.15, -0.1) is 0 Å². The van der Waals surface area contributed by atoms with Crippen molar-refractivity contribution in [3.8, 4) is 0 Å². The van der Waals surface area contributed by atoms with Crippen LogP contribution in [0.3, 0.4) is 0 Å². The molecule has 1 fully saturated rings. The van der Waals surface area contributed by atoms with E-state index in [0.717, 1.165) is 12.3 Å². The second-order valence-electron chi connectivity index (χ2n) is 7.86. The van der Waals surface area contributed by atoms with Gasteiger partial charge in [-0.05, 0) is 66.7 Å². The Balaban J connectivity index is 2.23. The van der Waals surface area contributed by atoms with Gasteiger partial charge in [-0.1, -0.05) is 45.7 Å². The van der Waals surface area contributed by atoms with Gasteiger partial charge in [-0.25, -0.2) is 0 Å². The smallest absolute Gasteiger partial charge is 0.0279 e. The fourth-order valence-corrected chi connectivity index (χ4v) is 3.69. The maximum absolute atomic E-state index is 5.85. The van der Waals surface area contributed by atoms with Gasteiger partial charge in [0.1, 0.15) is 0 Å². The molecule has 3 N–H and O–H groups in total. The van der Waals surface area contributed by atoms with Crippen molar-refractivity contribution in [2.75, 3.05) is 0 Å². The summed E-state index contributed by atoms with van der Waals surface area (Å²) in [6.07, 6.45) is 6.44. The Morgan fingerprint density at radius 2 is 1.67 bits per heavy atom. The maximum Gasteiger partial charge on any atom is 0.0279 e. The molecule has 0 bridgehead atoms. The molecule has 0 aromatic heterocycles. The number of hydrogen-bond donors (Lipinski definition) is 2. The summed E-state index contributed by atoms with van der Waals surface area (Å²) in [5.74, 6) is 6.60. The van der Waals surface area contributed by atoms with Crippen molar-refractivity contribution >= 4 is 0 Å². The number of nitrogens with two attached hydrogens (primary N) is 1. The molecule has 0 spiro atoms. The average Bonchev–Trinajstić information content (AvgIpc) is 2.90. The summed E-state index contributed by atoms with van der Waals surface area (Å²) in [4.78, 5) is 0. The summed E-state index contributed by atoms with van der Waals surface area (Å²) >= 11 is 0. The SMILES string of the molecule is Cc1cc(C(C)(C)C)cc(C)c1CC(NN)C1CCCC1. The Labute approximate surface area is 130 Å². The molecule has 0 radical (unpaired) electrons. The highest BCUT2D eigenvalue weighted by molar-refractivity contribution is 5.41. The molecule has 1 aromatic rings. The molecule has 1 aliphatic carbocycles. The quantitative estimate of drug-likeness (QED) is 0.645. The van der Waals surface area contributed by atoms with Crippen molar-refractivity contribution < 1.29 is 0 Å². The van der Waals surface area contributed by atoms with E-state index in [2.05, 4.69) is 52.2 Å². The molecular weight excluding hydrogens is 256 g/mol. The molecule has 0 saturated heterocycles. The number of hydrazine groups is 1. The lowest BCUT2D eigenvalue weighted by Gasteiger charge is -2.26. The normalized spacial score (nSPS) is 18.2. The van der Waals surface area contributed by atoms with Crippen LogP contribution >= 0.6 is 0 Å². The molecule has 1 saturated carbocycles. The second kappa shape index (κ2) is 6.50. The molecule has 0 amide bonds. The highest BCUT2D eigenvalue weighted by Gasteiger charge is 2.25. The Morgan fingerprint density at radius 3 is 2.10 bits per heavy atom. The summed E-state index contributed by atoms with van der Waals surface area (Å²) < 4.78 is 0. The molecule has 2 rings (SSSR count). The molecule has 21 heavy (non-hydrogen) atoms. The van der Waals surface area contributed by atoms with E-state index in [4.69, 9.17) is 5.84 Å². The topological polar surface area (TPSA) is 38.0 Å². The second-order valence-corrected chi connectivity index (χ2v) is 7.86. The van der Waals surface area contributed by atoms with Gasteiger partial charge in [0.05, 0.1) is 0 Å². The number of benzene rings is 1. The Morgan fingerprint density at radius 1 is 1.14 bits per heavy atom. The molecule has 2 nitrogen and oxygen atoms in total. The minimum Gasteiger partial charge on any atom is -0.271 e. The third kappa shape index (κ3) is 3.87. The average molecular weight is 288 g/mol. The maximum atomic E-state index is 5.85. The predicted molar refractivity (Wildman–Crippen MR) is 91.4 cm³/mol. The van der Waals surface area contributed by atoms with Crippen LogP contribution in [0.4, 0.5) is 0 Å².